The highest BCUT2D eigenvalue weighted by molar-refractivity contribution is 5.84. The normalized spacial score (nSPS) is 16.9. The Kier molecular flexibility index (Phi) is 2.92. The molecule has 2 aromatic rings. The van der Waals surface area contributed by atoms with Gasteiger partial charge in [-0.05, 0) is 49.2 Å². The first kappa shape index (κ1) is 11.5. The molecule has 1 saturated carbocycles. The lowest BCUT2D eigenvalue weighted by atomic mass is 10.0. The molecule has 0 spiro atoms. The molecule has 1 aliphatic rings. The van der Waals surface area contributed by atoms with Crippen molar-refractivity contribution in [3.8, 4) is 0 Å². The Bertz CT molecular complexity index is 613. The molecule has 0 radical (unpaired) electrons. The molecule has 1 aromatic heterocycles. The van der Waals surface area contributed by atoms with Crippen molar-refractivity contribution >= 4 is 10.8 Å². The number of hydrogen-bond acceptors (Lipinski definition) is 2. The summed E-state index contributed by atoms with van der Waals surface area (Å²) in [6.07, 6.45) is 4.55. The Morgan fingerprint density at radius 2 is 2.06 bits per heavy atom. The van der Waals surface area contributed by atoms with Crippen molar-refractivity contribution in [1.82, 2.24) is 10.3 Å². The fourth-order valence-electron chi connectivity index (χ4n) is 2.37. The zero-order chi connectivity index (χ0) is 12.5. The standard InChI is InChI=1S/C15H18N2O/c1-10(16-8-11-6-7-11)14-9-17-15(18)13-5-3-2-4-12(13)14/h2-5,9-11,16H,6-8H2,1H3,(H,17,18). The van der Waals surface area contributed by atoms with Crippen LogP contribution in [0.3, 0.4) is 0 Å². The quantitative estimate of drug-likeness (QED) is 0.865. The molecule has 18 heavy (non-hydrogen) atoms. The van der Waals surface area contributed by atoms with Crippen LogP contribution >= 0.6 is 0 Å². The summed E-state index contributed by atoms with van der Waals surface area (Å²) in [5.41, 5.74) is 1.16. The molecule has 1 unspecified atom stereocenters. The topological polar surface area (TPSA) is 44.9 Å². The first-order valence-corrected chi connectivity index (χ1v) is 6.59. The van der Waals surface area contributed by atoms with Gasteiger partial charge in [0, 0.05) is 17.6 Å². The smallest absolute Gasteiger partial charge is 0.255 e. The van der Waals surface area contributed by atoms with Gasteiger partial charge in [0.1, 0.15) is 0 Å². The van der Waals surface area contributed by atoms with E-state index in [9.17, 15) is 4.79 Å². The van der Waals surface area contributed by atoms with Gasteiger partial charge >= 0.3 is 0 Å². The lowest BCUT2D eigenvalue weighted by Gasteiger charge is -2.15. The summed E-state index contributed by atoms with van der Waals surface area (Å²) in [6.45, 7) is 3.23. The second-order valence-corrected chi connectivity index (χ2v) is 5.19. The van der Waals surface area contributed by atoms with Gasteiger partial charge in [0.05, 0.1) is 0 Å². The highest BCUT2D eigenvalue weighted by atomic mass is 16.1. The van der Waals surface area contributed by atoms with Crippen molar-refractivity contribution in [2.75, 3.05) is 6.54 Å². The van der Waals surface area contributed by atoms with Crippen LogP contribution in [0.2, 0.25) is 0 Å². The summed E-state index contributed by atoms with van der Waals surface area (Å²) >= 11 is 0. The zero-order valence-corrected chi connectivity index (χ0v) is 10.6. The zero-order valence-electron chi connectivity index (χ0n) is 10.6. The third kappa shape index (κ3) is 2.18. The predicted molar refractivity (Wildman–Crippen MR) is 73.7 cm³/mol. The highest BCUT2D eigenvalue weighted by Gasteiger charge is 2.22. The van der Waals surface area contributed by atoms with Crippen LogP contribution in [0.4, 0.5) is 0 Å². The van der Waals surface area contributed by atoms with Crippen LogP contribution in [0.5, 0.6) is 0 Å². The maximum Gasteiger partial charge on any atom is 0.255 e. The molecule has 2 N–H and O–H groups in total. The predicted octanol–water partition coefficient (Wildman–Crippen LogP) is 2.59. The van der Waals surface area contributed by atoms with Gasteiger partial charge in [-0.15, -0.1) is 0 Å². The van der Waals surface area contributed by atoms with E-state index in [1.807, 2.05) is 30.5 Å². The Labute approximate surface area is 106 Å². The van der Waals surface area contributed by atoms with E-state index < -0.39 is 0 Å². The van der Waals surface area contributed by atoms with Gasteiger partial charge in [0.15, 0.2) is 0 Å². The maximum absolute atomic E-state index is 11.8. The minimum atomic E-state index is -0.0104. The number of hydrogen-bond donors (Lipinski definition) is 2. The lowest BCUT2D eigenvalue weighted by Crippen LogP contribution is -2.22. The van der Waals surface area contributed by atoms with Crippen LogP contribution in [-0.2, 0) is 0 Å². The number of aromatic nitrogens is 1. The Balaban J connectivity index is 1.94. The molecule has 1 aromatic carbocycles. The molecule has 0 amide bonds. The molecule has 0 saturated heterocycles. The van der Waals surface area contributed by atoms with Crippen molar-refractivity contribution in [3.05, 3.63) is 46.4 Å². The lowest BCUT2D eigenvalue weighted by molar-refractivity contribution is 0.550. The monoisotopic (exact) mass is 242 g/mol. The third-order valence-corrected chi connectivity index (χ3v) is 3.72. The molecule has 3 nitrogen and oxygen atoms in total. The SMILES string of the molecule is CC(NCC1CC1)c1c[nH]c(=O)c2ccccc12. The second-order valence-electron chi connectivity index (χ2n) is 5.19. The number of H-pyrrole nitrogens is 1. The van der Waals surface area contributed by atoms with Crippen LogP contribution < -0.4 is 10.9 Å². The average Bonchev–Trinajstić information content (AvgIpc) is 3.21. The van der Waals surface area contributed by atoms with Gasteiger partial charge in [-0.2, -0.15) is 0 Å². The molecular weight excluding hydrogens is 224 g/mol. The number of pyridine rings is 1. The van der Waals surface area contributed by atoms with E-state index in [2.05, 4.69) is 17.2 Å². The molecule has 1 heterocycles. The van der Waals surface area contributed by atoms with Gasteiger partial charge in [-0.25, -0.2) is 0 Å². The molecule has 94 valence electrons. The minimum Gasteiger partial charge on any atom is -0.328 e. The van der Waals surface area contributed by atoms with Crippen LogP contribution in [0.1, 0.15) is 31.4 Å². The summed E-state index contributed by atoms with van der Waals surface area (Å²) < 4.78 is 0. The van der Waals surface area contributed by atoms with Crippen LogP contribution in [0.15, 0.2) is 35.3 Å². The Morgan fingerprint density at radius 3 is 2.78 bits per heavy atom. The van der Waals surface area contributed by atoms with Crippen molar-refractivity contribution in [2.45, 2.75) is 25.8 Å². The van der Waals surface area contributed by atoms with Crippen molar-refractivity contribution in [1.29, 1.82) is 0 Å². The van der Waals surface area contributed by atoms with E-state index in [1.165, 1.54) is 18.4 Å². The summed E-state index contributed by atoms with van der Waals surface area (Å²) in [4.78, 5) is 14.6. The first-order valence-electron chi connectivity index (χ1n) is 6.59. The van der Waals surface area contributed by atoms with Crippen LogP contribution in [0, 0.1) is 5.92 Å². The molecule has 0 bridgehead atoms. The number of aromatic amines is 1. The van der Waals surface area contributed by atoms with E-state index in [0.29, 0.717) is 0 Å². The second kappa shape index (κ2) is 4.58. The van der Waals surface area contributed by atoms with Crippen molar-refractivity contribution in [2.24, 2.45) is 5.92 Å². The molecule has 3 rings (SSSR count). The molecule has 1 fully saturated rings. The summed E-state index contributed by atoms with van der Waals surface area (Å²) in [7, 11) is 0. The summed E-state index contributed by atoms with van der Waals surface area (Å²) in [5, 5.41) is 5.38. The summed E-state index contributed by atoms with van der Waals surface area (Å²) in [6, 6.07) is 8.07. The number of nitrogens with one attached hydrogen (secondary N) is 2. The van der Waals surface area contributed by atoms with Crippen molar-refractivity contribution < 1.29 is 0 Å². The van der Waals surface area contributed by atoms with Gasteiger partial charge in [-0.3, -0.25) is 4.79 Å². The van der Waals surface area contributed by atoms with Crippen LogP contribution in [0.25, 0.3) is 10.8 Å². The molecule has 3 heteroatoms. The van der Waals surface area contributed by atoms with Gasteiger partial charge in [0.2, 0.25) is 0 Å². The largest absolute Gasteiger partial charge is 0.328 e. The van der Waals surface area contributed by atoms with Gasteiger partial charge < -0.3 is 10.3 Å². The number of fused-ring (bicyclic) bond motifs is 1. The molecular formula is C15H18N2O. The van der Waals surface area contributed by atoms with E-state index >= 15 is 0 Å². The van der Waals surface area contributed by atoms with Crippen molar-refractivity contribution in [3.63, 3.8) is 0 Å². The maximum atomic E-state index is 11.8. The van der Waals surface area contributed by atoms with E-state index in [1.54, 1.807) is 0 Å². The van der Waals surface area contributed by atoms with Gasteiger partial charge in [-0.1, -0.05) is 18.2 Å². The fourth-order valence-corrected chi connectivity index (χ4v) is 2.37. The summed E-state index contributed by atoms with van der Waals surface area (Å²) in [5.74, 6) is 0.862. The fraction of sp³-hybridized carbons (Fsp3) is 0.400. The molecule has 1 atom stereocenters. The molecule has 0 aliphatic heterocycles. The number of rotatable bonds is 4. The minimum absolute atomic E-state index is 0.0104. The highest BCUT2D eigenvalue weighted by Crippen LogP contribution is 2.29. The van der Waals surface area contributed by atoms with Crippen LogP contribution in [-0.4, -0.2) is 11.5 Å². The Hall–Kier alpha value is -1.61. The average molecular weight is 242 g/mol. The van der Waals surface area contributed by atoms with E-state index in [4.69, 9.17) is 0 Å². The van der Waals surface area contributed by atoms with Gasteiger partial charge in [0.25, 0.3) is 5.56 Å². The van der Waals surface area contributed by atoms with E-state index in [0.717, 1.165) is 23.2 Å². The first-order chi connectivity index (χ1) is 8.75. The Morgan fingerprint density at radius 1 is 1.33 bits per heavy atom. The third-order valence-electron chi connectivity index (χ3n) is 3.72. The molecule has 1 aliphatic carbocycles. The van der Waals surface area contributed by atoms with E-state index in [-0.39, 0.29) is 11.6 Å². The number of benzene rings is 1.